The van der Waals surface area contributed by atoms with Gasteiger partial charge in [0.1, 0.15) is 11.1 Å². The highest BCUT2D eigenvalue weighted by atomic mass is 32.2. The van der Waals surface area contributed by atoms with Crippen LogP contribution in [0.2, 0.25) is 0 Å². The van der Waals surface area contributed by atoms with Gasteiger partial charge >= 0.3 is 0 Å². The largest absolute Gasteiger partial charge is 0.340 e. The van der Waals surface area contributed by atoms with Gasteiger partial charge < -0.3 is 15.1 Å². The number of amides is 3. The van der Waals surface area contributed by atoms with Crippen molar-refractivity contribution in [1.29, 1.82) is 0 Å². The Morgan fingerprint density at radius 3 is 2.61 bits per heavy atom. The molecule has 1 atom stereocenters. The molecular formula is C19H24N4O3S2. The molecule has 1 spiro atoms. The molecule has 7 nitrogen and oxygen atoms in total. The van der Waals surface area contributed by atoms with E-state index in [1.165, 1.54) is 23.5 Å². The van der Waals surface area contributed by atoms with Crippen LogP contribution in [0.3, 0.4) is 0 Å². The number of piperidine rings is 1. The molecule has 0 saturated carbocycles. The third kappa shape index (κ3) is 3.74. The molecular weight excluding hydrogens is 396 g/mol. The van der Waals surface area contributed by atoms with Gasteiger partial charge in [0, 0.05) is 38.1 Å². The van der Waals surface area contributed by atoms with Crippen molar-refractivity contribution in [2.75, 3.05) is 38.2 Å². The average molecular weight is 421 g/mol. The van der Waals surface area contributed by atoms with Crippen molar-refractivity contribution in [3.05, 3.63) is 23.9 Å². The maximum atomic E-state index is 12.9. The van der Waals surface area contributed by atoms with Crippen LogP contribution in [0.1, 0.15) is 29.6 Å². The van der Waals surface area contributed by atoms with Gasteiger partial charge in [0.15, 0.2) is 0 Å². The molecule has 0 bridgehead atoms. The fourth-order valence-electron chi connectivity index (χ4n) is 4.34. The zero-order valence-electron chi connectivity index (χ0n) is 15.8. The maximum absolute atomic E-state index is 12.9. The predicted molar refractivity (Wildman–Crippen MR) is 110 cm³/mol. The average Bonchev–Trinajstić information content (AvgIpc) is 3.34. The van der Waals surface area contributed by atoms with Crippen LogP contribution >= 0.6 is 23.5 Å². The highest BCUT2D eigenvalue weighted by Gasteiger charge is 2.44. The summed E-state index contributed by atoms with van der Waals surface area (Å²) < 4.78 is 0. The number of rotatable bonds is 3. The van der Waals surface area contributed by atoms with Gasteiger partial charge in [-0.1, -0.05) is 11.8 Å². The van der Waals surface area contributed by atoms with E-state index in [9.17, 15) is 14.4 Å². The fraction of sp³-hybridized carbons (Fsp3) is 0.579. The van der Waals surface area contributed by atoms with Gasteiger partial charge in [-0.3, -0.25) is 14.4 Å². The molecule has 3 aliphatic rings. The molecule has 4 rings (SSSR count). The number of nitrogens with one attached hydrogen (secondary N) is 1. The summed E-state index contributed by atoms with van der Waals surface area (Å²) in [7, 11) is 0. The normalized spacial score (nSPS) is 23.9. The number of carbonyl (C=O) groups is 3. The molecule has 0 aliphatic carbocycles. The number of nitrogens with zero attached hydrogens (tertiary/aromatic N) is 3. The van der Waals surface area contributed by atoms with E-state index >= 15 is 0 Å². The number of pyridine rings is 1. The molecule has 150 valence electrons. The summed E-state index contributed by atoms with van der Waals surface area (Å²) in [5, 5.41) is 3.40. The van der Waals surface area contributed by atoms with Crippen molar-refractivity contribution in [2.24, 2.45) is 5.41 Å². The van der Waals surface area contributed by atoms with Crippen LogP contribution < -0.4 is 5.32 Å². The van der Waals surface area contributed by atoms with Crippen LogP contribution in [-0.2, 0) is 4.79 Å². The number of hydrogen-bond donors (Lipinski definition) is 1. The summed E-state index contributed by atoms with van der Waals surface area (Å²) in [4.78, 5) is 45.1. The second kappa shape index (κ2) is 7.94. The zero-order valence-corrected chi connectivity index (χ0v) is 17.5. The minimum Gasteiger partial charge on any atom is -0.340 e. The highest BCUT2D eigenvalue weighted by Crippen LogP contribution is 2.41. The molecule has 1 aromatic rings. The Hall–Kier alpha value is -1.74. The van der Waals surface area contributed by atoms with Crippen molar-refractivity contribution in [3.63, 3.8) is 0 Å². The molecule has 0 aromatic carbocycles. The molecule has 1 unspecified atom stereocenters. The predicted octanol–water partition coefficient (Wildman–Crippen LogP) is 2.08. The number of hydrogen-bond acceptors (Lipinski definition) is 6. The fourth-order valence-corrected chi connectivity index (χ4v) is 5.65. The molecule has 4 heterocycles. The van der Waals surface area contributed by atoms with E-state index in [1.54, 1.807) is 12.3 Å². The lowest BCUT2D eigenvalue weighted by atomic mass is 9.77. The lowest BCUT2D eigenvalue weighted by molar-refractivity contribution is -0.132. The lowest BCUT2D eigenvalue weighted by Crippen LogP contribution is -2.47. The van der Waals surface area contributed by atoms with Gasteiger partial charge in [-0.2, -0.15) is 0 Å². The van der Waals surface area contributed by atoms with Crippen LogP contribution in [0.5, 0.6) is 0 Å². The first-order valence-corrected chi connectivity index (χ1v) is 11.7. The zero-order chi connectivity index (χ0) is 19.7. The molecule has 28 heavy (non-hydrogen) atoms. The smallest absolute Gasteiger partial charge is 0.279 e. The SMILES string of the molecule is CSc1ncccc1C(=O)N1CCC2(CC1)CCN(C(=O)C1CSC(=O)N1)C2. The first-order valence-electron chi connectivity index (χ1n) is 9.52. The van der Waals surface area contributed by atoms with E-state index in [-0.39, 0.29) is 28.5 Å². The van der Waals surface area contributed by atoms with Crippen molar-refractivity contribution >= 4 is 40.6 Å². The Morgan fingerprint density at radius 1 is 1.25 bits per heavy atom. The Balaban J connectivity index is 1.36. The molecule has 3 aliphatic heterocycles. The summed E-state index contributed by atoms with van der Waals surface area (Å²) in [6.45, 7) is 2.89. The second-order valence-electron chi connectivity index (χ2n) is 7.66. The van der Waals surface area contributed by atoms with Gasteiger partial charge in [-0.05, 0) is 43.1 Å². The molecule has 1 aromatic heterocycles. The summed E-state index contributed by atoms with van der Waals surface area (Å²) >= 11 is 2.66. The van der Waals surface area contributed by atoms with Gasteiger partial charge in [0.2, 0.25) is 5.91 Å². The van der Waals surface area contributed by atoms with E-state index in [0.717, 1.165) is 37.4 Å². The maximum Gasteiger partial charge on any atom is 0.279 e. The number of likely N-dealkylation sites (tertiary alicyclic amines) is 2. The van der Waals surface area contributed by atoms with E-state index in [4.69, 9.17) is 0 Å². The Kier molecular flexibility index (Phi) is 5.55. The Bertz CT molecular complexity index is 795. The highest BCUT2D eigenvalue weighted by molar-refractivity contribution is 8.14. The monoisotopic (exact) mass is 420 g/mol. The minimum atomic E-state index is -0.384. The van der Waals surface area contributed by atoms with Gasteiger partial charge in [-0.25, -0.2) is 4.98 Å². The van der Waals surface area contributed by atoms with Crippen molar-refractivity contribution in [1.82, 2.24) is 20.1 Å². The minimum absolute atomic E-state index is 0.0358. The van der Waals surface area contributed by atoms with Crippen LogP contribution in [0.15, 0.2) is 23.4 Å². The third-order valence-electron chi connectivity index (χ3n) is 6.03. The van der Waals surface area contributed by atoms with Crippen LogP contribution in [0, 0.1) is 5.41 Å². The first kappa shape index (κ1) is 19.6. The van der Waals surface area contributed by atoms with Crippen LogP contribution in [0.4, 0.5) is 4.79 Å². The molecule has 3 fully saturated rings. The molecule has 3 saturated heterocycles. The first-order chi connectivity index (χ1) is 13.5. The summed E-state index contributed by atoms with van der Waals surface area (Å²) in [5.74, 6) is 0.601. The summed E-state index contributed by atoms with van der Waals surface area (Å²) in [5.41, 5.74) is 0.767. The van der Waals surface area contributed by atoms with Crippen molar-refractivity contribution in [2.45, 2.75) is 30.3 Å². The Labute approximate surface area is 173 Å². The standard InChI is InChI=1S/C19H24N4O3S2/c1-27-15-13(3-2-7-20-15)16(24)22-8-4-19(5-9-22)6-10-23(12-19)17(25)14-11-28-18(26)21-14/h2-3,7,14H,4-6,8-12H2,1H3,(H,21,26). The summed E-state index contributed by atoms with van der Waals surface area (Å²) in [6, 6.07) is 3.26. The topological polar surface area (TPSA) is 82.6 Å². The van der Waals surface area contributed by atoms with Gasteiger partial charge in [0.05, 0.1) is 5.56 Å². The number of aromatic nitrogens is 1. The molecule has 9 heteroatoms. The van der Waals surface area contributed by atoms with Crippen LogP contribution in [-0.4, -0.2) is 76.1 Å². The summed E-state index contributed by atoms with van der Waals surface area (Å²) in [6.07, 6.45) is 6.42. The number of carbonyl (C=O) groups excluding carboxylic acids is 3. The quantitative estimate of drug-likeness (QED) is 0.754. The van der Waals surface area contributed by atoms with Crippen molar-refractivity contribution in [3.8, 4) is 0 Å². The van der Waals surface area contributed by atoms with E-state index in [2.05, 4.69) is 10.3 Å². The van der Waals surface area contributed by atoms with E-state index in [0.29, 0.717) is 24.4 Å². The van der Waals surface area contributed by atoms with Crippen molar-refractivity contribution < 1.29 is 14.4 Å². The number of thioether (sulfide) groups is 2. The lowest BCUT2D eigenvalue weighted by Gasteiger charge is -2.39. The van der Waals surface area contributed by atoms with E-state index in [1.807, 2.05) is 22.1 Å². The molecule has 3 amide bonds. The van der Waals surface area contributed by atoms with Crippen LogP contribution in [0.25, 0.3) is 0 Å². The van der Waals surface area contributed by atoms with E-state index < -0.39 is 0 Å². The Morgan fingerprint density at radius 2 is 1.96 bits per heavy atom. The van der Waals surface area contributed by atoms with Gasteiger partial charge in [0.25, 0.3) is 11.1 Å². The molecule has 1 N–H and O–H groups in total. The molecule has 0 radical (unpaired) electrons. The third-order valence-corrected chi connectivity index (χ3v) is 7.62. The second-order valence-corrected chi connectivity index (χ2v) is 9.45. The van der Waals surface area contributed by atoms with Gasteiger partial charge in [-0.15, -0.1) is 11.8 Å².